The molecule has 1 aromatic rings. The molecule has 0 aliphatic rings. The monoisotopic (exact) mass is 246 g/mol. The van der Waals surface area contributed by atoms with Crippen LogP contribution >= 0.6 is 0 Å². The molecular weight excluding hydrogens is 224 g/mol. The van der Waals surface area contributed by atoms with Gasteiger partial charge in [-0.05, 0) is 18.4 Å². The molecule has 0 aromatic heterocycles. The van der Waals surface area contributed by atoms with Gasteiger partial charge < -0.3 is 10.6 Å². The van der Waals surface area contributed by atoms with Gasteiger partial charge in [0.2, 0.25) is 5.91 Å². The fraction of sp³-hybridized carbons (Fsp3) is 0.400. The van der Waals surface area contributed by atoms with Crippen LogP contribution in [0.25, 0.3) is 0 Å². The number of carbonyl (C=O) groups excluding carboxylic acids is 1. The first kappa shape index (κ1) is 14.5. The van der Waals surface area contributed by atoms with Crippen molar-refractivity contribution in [3.05, 3.63) is 48.6 Å². The minimum absolute atomic E-state index is 0.000558. The van der Waals surface area contributed by atoms with E-state index in [0.29, 0.717) is 13.0 Å². The lowest BCUT2D eigenvalue weighted by Crippen LogP contribution is -2.43. The normalized spacial score (nSPS) is 11.9. The lowest BCUT2D eigenvalue weighted by atomic mass is 10.1. The lowest BCUT2D eigenvalue weighted by molar-refractivity contribution is -0.133. The highest BCUT2D eigenvalue weighted by molar-refractivity contribution is 5.81. The first-order valence-electron chi connectivity index (χ1n) is 6.38. The molecule has 1 amide bonds. The van der Waals surface area contributed by atoms with Crippen molar-refractivity contribution in [3.8, 4) is 0 Å². The van der Waals surface area contributed by atoms with Crippen LogP contribution in [0.4, 0.5) is 0 Å². The Morgan fingerprint density at radius 2 is 2.11 bits per heavy atom. The van der Waals surface area contributed by atoms with Crippen LogP contribution in [0.2, 0.25) is 0 Å². The Morgan fingerprint density at radius 1 is 1.44 bits per heavy atom. The van der Waals surface area contributed by atoms with Gasteiger partial charge in [-0.25, -0.2) is 0 Å². The topological polar surface area (TPSA) is 46.3 Å². The zero-order valence-electron chi connectivity index (χ0n) is 11.0. The van der Waals surface area contributed by atoms with Crippen molar-refractivity contribution in [2.45, 2.75) is 32.4 Å². The van der Waals surface area contributed by atoms with Crippen molar-refractivity contribution < 1.29 is 4.79 Å². The average molecular weight is 246 g/mol. The largest absolute Gasteiger partial charge is 0.337 e. The molecule has 1 aromatic carbocycles. The van der Waals surface area contributed by atoms with Gasteiger partial charge in [-0.15, -0.1) is 6.58 Å². The Bertz CT molecular complexity index is 375. The van der Waals surface area contributed by atoms with Gasteiger partial charge in [0, 0.05) is 13.1 Å². The highest BCUT2D eigenvalue weighted by Gasteiger charge is 2.19. The van der Waals surface area contributed by atoms with Crippen molar-refractivity contribution >= 4 is 5.91 Å². The Hall–Kier alpha value is -1.61. The molecule has 1 unspecified atom stereocenters. The fourth-order valence-electron chi connectivity index (χ4n) is 1.86. The minimum atomic E-state index is -0.474. The number of hydrogen-bond acceptors (Lipinski definition) is 2. The van der Waals surface area contributed by atoms with Crippen molar-refractivity contribution in [3.63, 3.8) is 0 Å². The summed E-state index contributed by atoms with van der Waals surface area (Å²) < 4.78 is 0. The van der Waals surface area contributed by atoms with Gasteiger partial charge in [-0.2, -0.15) is 0 Å². The van der Waals surface area contributed by atoms with E-state index >= 15 is 0 Å². The van der Waals surface area contributed by atoms with E-state index in [1.54, 1.807) is 6.08 Å². The molecule has 0 aliphatic heterocycles. The smallest absolute Gasteiger partial charge is 0.240 e. The van der Waals surface area contributed by atoms with Gasteiger partial charge in [0.15, 0.2) is 0 Å². The molecule has 0 fully saturated rings. The third-order valence-corrected chi connectivity index (χ3v) is 2.76. The number of carbonyl (C=O) groups is 1. The standard InChI is InChI=1S/C15H22N2O/c1-3-8-14(16)15(18)17(11-4-2)12-13-9-6-5-7-10-13/h3,5-7,9-10,14H,1,4,8,11-12,16H2,2H3. The summed E-state index contributed by atoms with van der Waals surface area (Å²) in [5.41, 5.74) is 6.98. The molecule has 3 heteroatoms. The van der Waals surface area contributed by atoms with E-state index in [-0.39, 0.29) is 5.91 Å². The second-order valence-electron chi connectivity index (χ2n) is 4.38. The van der Waals surface area contributed by atoms with Gasteiger partial charge in [0.25, 0.3) is 0 Å². The van der Waals surface area contributed by atoms with Crippen LogP contribution in [0.1, 0.15) is 25.3 Å². The van der Waals surface area contributed by atoms with Crippen LogP contribution in [0.15, 0.2) is 43.0 Å². The quantitative estimate of drug-likeness (QED) is 0.751. The second kappa shape index (κ2) is 7.67. The van der Waals surface area contributed by atoms with E-state index in [1.165, 1.54) is 0 Å². The number of amides is 1. The number of benzene rings is 1. The van der Waals surface area contributed by atoms with Crippen LogP contribution in [0.3, 0.4) is 0 Å². The summed E-state index contributed by atoms with van der Waals surface area (Å²) in [4.78, 5) is 14.0. The molecule has 0 saturated heterocycles. The molecule has 18 heavy (non-hydrogen) atoms. The summed E-state index contributed by atoms with van der Waals surface area (Å²) in [6.07, 6.45) is 3.14. The van der Waals surface area contributed by atoms with Crippen molar-refractivity contribution in [1.82, 2.24) is 4.90 Å². The Morgan fingerprint density at radius 3 is 2.67 bits per heavy atom. The third kappa shape index (κ3) is 4.34. The zero-order valence-corrected chi connectivity index (χ0v) is 11.0. The lowest BCUT2D eigenvalue weighted by Gasteiger charge is -2.25. The van der Waals surface area contributed by atoms with Crippen LogP contribution in [-0.4, -0.2) is 23.4 Å². The minimum Gasteiger partial charge on any atom is -0.337 e. The summed E-state index contributed by atoms with van der Waals surface area (Å²) in [6.45, 7) is 7.04. The molecule has 0 bridgehead atoms. The molecule has 0 spiro atoms. The Labute approximate surface area is 109 Å². The van der Waals surface area contributed by atoms with E-state index in [9.17, 15) is 4.79 Å². The van der Waals surface area contributed by atoms with Gasteiger partial charge in [-0.3, -0.25) is 4.79 Å². The zero-order chi connectivity index (χ0) is 13.4. The van der Waals surface area contributed by atoms with E-state index < -0.39 is 6.04 Å². The van der Waals surface area contributed by atoms with Gasteiger partial charge >= 0.3 is 0 Å². The van der Waals surface area contributed by atoms with Crippen LogP contribution in [-0.2, 0) is 11.3 Å². The highest BCUT2D eigenvalue weighted by atomic mass is 16.2. The van der Waals surface area contributed by atoms with Crippen molar-refractivity contribution in [2.75, 3.05) is 6.54 Å². The maximum Gasteiger partial charge on any atom is 0.240 e. The predicted molar refractivity (Wildman–Crippen MR) is 74.9 cm³/mol. The highest BCUT2D eigenvalue weighted by Crippen LogP contribution is 2.07. The maximum atomic E-state index is 12.2. The molecule has 98 valence electrons. The van der Waals surface area contributed by atoms with E-state index in [4.69, 9.17) is 5.73 Å². The number of nitrogens with zero attached hydrogens (tertiary/aromatic N) is 1. The van der Waals surface area contributed by atoms with E-state index in [1.807, 2.05) is 35.2 Å². The number of hydrogen-bond donors (Lipinski definition) is 1. The molecule has 1 rings (SSSR count). The first-order chi connectivity index (χ1) is 8.69. The summed E-state index contributed by atoms with van der Waals surface area (Å²) >= 11 is 0. The molecule has 0 aliphatic carbocycles. The average Bonchev–Trinajstić information content (AvgIpc) is 2.39. The second-order valence-corrected chi connectivity index (χ2v) is 4.38. The van der Waals surface area contributed by atoms with Crippen LogP contribution < -0.4 is 5.73 Å². The first-order valence-corrected chi connectivity index (χ1v) is 6.38. The summed E-state index contributed by atoms with van der Waals surface area (Å²) in [5, 5.41) is 0. The van der Waals surface area contributed by atoms with E-state index in [0.717, 1.165) is 18.5 Å². The number of rotatable bonds is 7. The predicted octanol–water partition coefficient (Wildman–Crippen LogP) is 2.33. The van der Waals surface area contributed by atoms with Crippen LogP contribution in [0, 0.1) is 0 Å². The molecule has 3 nitrogen and oxygen atoms in total. The number of nitrogens with two attached hydrogens (primary N) is 1. The van der Waals surface area contributed by atoms with Gasteiger partial charge in [0.1, 0.15) is 0 Å². The SMILES string of the molecule is C=CCC(N)C(=O)N(CCC)Cc1ccccc1. The molecule has 0 saturated carbocycles. The molecular formula is C15H22N2O. The molecule has 2 N–H and O–H groups in total. The summed E-state index contributed by atoms with van der Waals surface area (Å²) in [6, 6.07) is 9.50. The molecule has 1 atom stereocenters. The van der Waals surface area contributed by atoms with Crippen molar-refractivity contribution in [1.29, 1.82) is 0 Å². The summed E-state index contributed by atoms with van der Waals surface area (Å²) in [5.74, 6) is 0.000558. The third-order valence-electron chi connectivity index (χ3n) is 2.76. The molecule has 0 radical (unpaired) electrons. The van der Waals surface area contributed by atoms with Gasteiger partial charge in [0.05, 0.1) is 6.04 Å². The Balaban J connectivity index is 2.70. The Kier molecular flexibility index (Phi) is 6.15. The van der Waals surface area contributed by atoms with E-state index in [2.05, 4.69) is 13.5 Å². The van der Waals surface area contributed by atoms with Crippen molar-refractivity contribution in [2.24, 2.45) is 5.73 Å². The summed E-state index contributed by atoms with van der Waals surface area (Å²) in [7, 11) is 0. The fourth-order valence-corrected chi connectivity index (χ4v) is 1.86. The van der Waals surface area contributed by atoms with Crippen LogP contribution in [0.5, 0.6) is 0 Å². The maximum absolute atomic E-state index is 12.2. The van der Waals surface area contributed by atoms with Gasteiger partial charge in [-0.1, -0.05) is 43.3 Å². The molecule has 0 heterocycles.